The Labute approximate surface area is 560 Å². The monoisotopic (exact) mass is 1350 g/mol. The van der Waals surface area contributed by atoms with Gasteiger partial charge >= 0.3 is 0 Å². The fourth-order valence-corrected chi connectivity index (χ4v) is 7.20. The van der Waals surface area contributed by atoms with Crippen molar-refractivity contribution in [1.82, 2.24) is 5.32 Å². The van der Waals surface area contributed by atoms with Crippen LogP contribution in [0.2, 0.25) is 0 Å². The highest BCUT2D eigenvalue weighted by Gasteiger charge is 2.41. The van der Waals surface area contributed by atoms with Gasteiger partial charge in [0.15, 0.2) is 0 Å². The van der Waals surface area contributed by atoms with Crippen molar-refractivity contribution in [2.75, 3.05) is 118 Å². The van der Waals surface area contributed by atoms with Gasteiger partial charge < -0.3 is 93.1 Å². The molecule has 0 aromatic carbocycles. The first-order chi connectivity index (χ1) is 41.2. The van der Waals surface area contributed by atoms with E-state index in [1.165, 1.54) is 6.26 Å². The first-order valence-electron chi connectivity index (χ1n) is 32.7. The molecule has 7 N–H and O–H groups in total. The second kappa shape index (κ2) is 45.7. The summed E-state index contributed by atoms with van der Waals surface area (Å²) in [5, 5.41) is 38.7. The van der Waals surface area contributed by atoms with Gasteiger partial charge in [0, 0.05) is 39.0 Å². The molecule has 24 heteroatoms. The van der Waals surface area contributed by atoms with Gasteiger partial charge in [0.1, 0.15) is 47.5 Å². The van der Waals surface area contributed by atoms with Crippen LogP contribution in [-0.4, -0.2) is 245 Å². The van der Waals surface area contributed by atoms with Crippen molar-refractivity contribution in [3.63, 3.8) is 0 Å². The van der Waals surface area contributed by atoms with E-state index < -0.39 is 33.6 Å². The van der Waals surface area contributed by atoms with E-state index in [2.05, 4.69) is 46.9 Å². The van der Waals surface area contributed by atoms with Gasteiger partial charge in [-0.25, -0.2) is 8.42 Å². The van der Waals surface area contributed by atoms with Gasteiger partial charge in [0.05, 0.1) is 134 Å². The summed E-state index contributed by atoms with van der Waals surface area (Å²) in [4.78, 5) is 20.8. The lowest BCUT2D eigenvalue weighted by Gasteiger charge is -2.30. The van der Waals surface area contributed by atoms with Crippen molar-refractivity contribution < 1.29 is 100 Å². The van der Waals surface area contributed by atoms with Crippen molar-refractivity contribution in [2.24, 2.45) is 11.7 Å². The molecule has 5 fully saturated rings. The Morgan fingerprint density at radius 1 is 0.511 bits per heavy atom. The minimum Gasteiger partial charge on any atom is -0.394 e. The van der Waals surface area contributed by atoms with Gasteiger partial charge in [-0.15, -0.1) is 0 Å². The maximum atomic E-state index is 10.7. The number of carbonyl (C=O) groups excluding carboxylic acids is 2. The van der Waals surface area contributed by atoms with Crippen LogP contribution in [0.15, 0.2) is 0 Å². The lowest BCUT2D eigenvalue weighted by atomic mass is 10.1. The maximum absolute atomic E-state index is 10.7. The molecule has 4 heterocycles. The molecule has 556 valence electrons. The Bertz CT molecular complexity index is 1920. The Morgan fingerprint density at radius 3 is 1.14 bits per heavy atom. The Morgan fingerprint density at radius 2 is 0.880 bits per heavy atom. The van der Waals surface area contributed by atoms with E-state index >= 15 is 0 Å². The SMILES string of the molecule is CC(C)(C)OC1CCOCC1.CC(C)(C)OCC(N)=O.CC(C)(C)OCC1(O)CC1.CC(C)(C)OCC1COC1.CC(C)(C)OCCCS(C)(=O)=O.CC(C)(C)OCCO.CC(C)(C)O[C@@H]1COC[C@H]1O.CC(C)(C)O[C@H]1COC[C@@H]1O.CNC(=O)COC(C)(C)C. The molecule has 23 nitrogen and oxygen atoms in total. The number of aliphatic hydroxyl groups is 4. The third-order valence-corrected chi connectivity index (χ3v) is 12.2. The number of nitrogens with one attached hydrogen (secondary N) is 1. The van der Waals surface area contributed by atoms with Crippen molar-refractivity contribution in [2.45, 2.75) is 306 Å². The van der Waals surface area contributed by atoms with Gasteiger partial charge in [-0.3, -0.25) is 9.59 Å². The number of rotatable bonds is 17. The second-order valence-corrected chi connectivity index (χ2v) is 34.6. The summed E-state index contributed by atoms with van der Waals surface area (Å²) in [6, 6.07) is 0. The summed E-state index contributed by atoms with van der Waals surface area (Å²) in [5.41, 5.74) is 3.10. The zero-order valence-corrected chi connectivity index (χ0v) is 64.3. The maximum Gasteiger partial charge on any atom is 0.245 e. The van der Waals surface area contributed by atoms with Crippen molar-refractivity contribution in [3.8, 4) is 0 Å². The van der Waals surface area contributed by atoms with Gasteiger partial charge in [-0.1, -0.05) is 0 Å². The van der Waals surface area contributed by atoms with Crippen LogP contribution < -0.4 is 11.1 Å². The van der Waals surface area contributed by atoms with Crippen LogP contribution in [0.1, 0.15) is 219 Å². The number of carbonyl (C=O) groups is 2. The normalized spacial score (nSPS) is 20.3. The zero-order valence-electron chi connectivity index (χ0n) is 63.5. The average Bonchev–Trinajstić information content (AvgIpc) is 3.44. The van der Waals surface area contributed by atoms with E-state index in [0.717, 1.165) is 58.7 Å². The van der Waals surface area contributed by atoms with Crippen LogP contribution in [0.3, 0.4) is 0 Å². The Balaban J connectivity index is -0.000000474. The van der Waals surface area contributed by atoms with Gasteiger partial charge in [-0.2, -0.15) is 0 Å². The molecule has 1 saturated carbocycles. The predicted molar refractivity (Wildman–Crippen MR) is 365 cm³/mol. The lowest BCUT2D eigenvalue weighted by Crippen LogP contribution is -2.34. The number of hydrogen-bond acceptors (Lipinski definition) is 21. The highest BCUT2D eigenvalue weighted by molar-refractivity contribution is 7.90. The molecule has 0 aromatic heterocycles. The molecule has 0 radical (unpaired) electrons. The topological polar surface area (TPSA) is 307 Å². The quantitative estimate of drug-likeness (QED) is 0.0741. The largest absolute Gasteiger partial charge is 0.394 e. The molecule has 4 saturated heterocycles. The van der Waals surface area contributed by atoms with E-state index in [9.17, 15) is 33.3 Å². The predicted octanol–water partition coefficient (Wildman–Crippen LogP) is 8.74. The van der Waals surface area contributed by atoms with E-state index in [1.54, 1.807) is 7.05 Å². The molecule has 0 unspecified atom stereocenters. The molecule has 92 heavy (non-hydrogen) atoms. The number of amides is 2. The number of nitrogens with two attached hydrogens (primary N) is 1. The van der Waals surface area contributed by atoms with Crippen LogP contribution in [-0.2, 0) is 81.0 Å². The summed E-state index contributed by atoms with van der Waals surface area (Å²) >= 11 is 0. The number of primary amides is 1. The first kappa shape index (κ1) is 96.6. The molecule has 0 spiro atoms. The van der Waals surface area contributed by atoms with E-state index in [1.807, 2.05) is 145 Å². The highest BCUT2D eigenvalue weighted by atomic mass is 32.2. The molecule has 1 aliphatic carbocycles. The van der Waals surface area contributed by atoms with Gasteiger partial charge in [0.2, 0.25) is 11.8 Å². The molecule has 4 aliphatic heterocycles. The summed E-state index contributed by atoms with van der Waals surface area (Å²) < 4.78 is 90.2. The summed E-state index contributed by atoms with van der Waals surface area (Å²) in [7, 11) is -1.23. The van der Waals surface area contributed by atoms with Crippen molar-refractivity contribution >= 4 is 21.7 Å². The average molecular weight is 1360 g/mol. The van der Waals surface area contributed by atoms with Crippen molar-refractivity contribution in [3.05, 3.63) is 0 Å². The summed E-state index contributed by atoms with van der Waals surface area (Å²) in [6.07, 6.45) is 4.97. The molecule has 4 atom stereocenters. The molecule has 2 amide bonds. The Hall–Kier alpha value is -1.79. The van der Waals surface area contributed by atoms with E-state index in [-0.39, 0.29) is 94.1 Å². The fourth-order valence-electron chi connectivity index (χ4n) is 6.56. The van der Waals surface area contributed by atoms with E-state index in [4.69, 9.17) is 72.4 Å². The first-order valence-corrected chi connectivity index (χ1v) is 34.8. The minimum atomic E-state index is -2.82. The molecule has 0 bridgehead atoms. The summed E-state index contributed by atoms with van der Waals surface area (Å²) in [5.74, 6) is 0.349. The number of sulfone groups is 1. The smallest absolute Gasteiger partial charge is 0.245 e. The lowest BCUT2D eigenvalue weighted by molar-refractivity contribution is -0.130. The third-order valence-electron chi connectivity index (χ3n) is 11.1. The highest BCUT2D eigenvalue weighted by Crippen LogP contribution is 2.36. The van der Waals surface area contributed by atoms with Crippen molar-refractivity contribution in [1.29, 1.82) is 0 Å². The number of aliphatic hydroxyl groups excluding tert-OH is 3. The van der Waals surface area contributed by atoms with Crippen LogP contribution >= 0.6 is 0 Å². The minimum absolute atomic E-state index is 0.00199. The van der Waals surface area contributed by atoms with Gasteiger partial charge in [-0.05, 0) is 219 Å². The number of hydrogen-bond donors (Lipinski definition) is 6. The summed E-state index contributed by atoms with van der Waals surface area (Å²) in [6.45, 7) is 61.3. The standard InChI is InChI=1S/C9H18O2.C8H18O3S.2C8H16O3.2C8H16O2.C7H15NO2.C6H13NO2.C6H14O2/c1-9(2,3)11-8-4-6-10-7-5-8;1-8(2,3)11-6-5-7-12(4,9)10;2*1-8(2,3)11-7-5-10-4-6(7)9;1-8(2,3)10-6-7-4-9-5-7;1-7(2,3)10-6-8(9)4-5-8;1-7(2,3)10-5-6(9)8-4;1-6(2,3)9-4-5(7)8;1-6(2,3)8-5-4-7/h8H,4-7H2,1-3H3;5-7H2,1-4H3;2*6-7,9H,4-5H2,1-3H3;7H,4-6H2,1-3H3;9H,4-6H2,1-3H3;5H2,1-4H3,(H,8,9);4H2,1-3H3,(H2,7,8);7H,4-5H2,1-3H3/t;;2*6-,7-;;;;;/m..10...../s1. The fraction of sp³-hybridized carbons (Fsp3) is 0.971. The van der Waals surface area contributed by atoms with E-state index in [0.29, 0.717) is 64.7 Å². The molecular formula is C68H142N2O21S. The third kappa shape index (κ3) is 77.2. The van der Waals surface area contributed by atoms with Crippen LogP contribution in [0, 0.1) is 5.92 Å². The van der Waals surface area contributed by atoms with Crippen LogP contribution in [0.25, 0.3) is 0 Å². The number of likely N-dealkylation sites (N-methyl/N-ethyl adjacent to an activating group) is 1. The molecule has 5 aliphatic rings. The Kier molecular flexibility index (Phi) is 48.0. The van der Waals surface area contributed by atoms with Crippen LogP contribution in [0.5, 0.6) is 0 Å². The molecule has 0 aromatic rings. The van der Waals surface area contributed by atoms with Crippen LogP contribution in [0.4, 0.5) is 0 Å². The second-order valence-electron chi connectivity index (χ2n) is 32.3. The van der Waals surface area contributed by atoms with Gasteiger partial charge in [0.25, 0.3) is 0 Å². The zero-order chi connectivity index (χ0) is 72.9. The molecular weight excluding hydrogens is 1210 g/mol. The number of ether oxygens (including phenoxy) is 13. The molecule has 5 rings (SSSR count).